The Balaban J connectivity index is 2.27. The van der Waals surface area contributed by atoms with Gasteiger partial charge < -0.3 is 4.98 Å². The van der Waals surface area contributed by atoms with Gasteiger partial charge in [-0.2, -0.15) is 8.42 Å². The number of imidazole rings is 1. The van der Waals surface area contributed by atoms with Gasteiger partial charge >= 0.3 is 0 Å². The van der Waals surface area contributed by atoms with Crippen molar-refractivity contribution >= 4 is 15.7 Å². The maximum Gasteiger partial charge on any atom is 0.278 e. The van der Waals surface area contributed by atoms with Crippen LogP contribution in [0.3, 0.4) is 0 Å². The summed E-state index contributed by atoms with van der Waals surface area (Å²) in [6.45, 7) is 0. The van der Waals surface area contributed by atoms with Crippen LogP contribution in [0.5, 0.6) is 0 Å². The average molecular weight is 223 g/mol. The van der Waals surface area contributed by atoms with E-state index in [1.165, 1.54) is 12.5 Å². The van der Waals surface area contributed by atoms with Crippen molar-refractivity contribution in [2.75, 3.05) is 4.72 Å². The van der Waals surface area contributed by atoms with Gasteiger partial charge in [-0.05, 0) is 12.1 Å². The highest BCUT2D eigenvalue weighted by Gasteiger charge is 2.14. The number of hydrogen-bond acceptors (Lipinski definition) is 3. The fourth-order valence-corrected chi connectivity index (χ4v) is 2.07. The number of anilines is 1. The van der Waals surface area contributed by atoms with Crippen LogP contribution >= 0.6 is 0 Å². The van der Waals surface area contributed by atoms with Crippen LogP contribution in [0.2, 0.25) is 0 Å². The van der Waals surface area contributed by atoms with Crippen molar-refractivity contribution in [2.24, 2.45) is 0 Å². The van der Waals surface area contributed by atoms with Gasteiger partial charge in [-0.1, -0.05) is 18.2 Å². The molecule has 2 rings (SSSR count). The molecular formula is C9H9N3O2S. The minimum atomic E-state index is -3.54. The summed E-state index contributed by atoms with van der Waals surface area (Å²) in [6.07, 6.45) is 2.57. The molecule has 5 nitrogen and oxygen atoms in total. The van der Waals surface area contributed by atoms with E-state index in [1.807, 2.05) is 6.07 Å². The number of para-hydroxylation sites is 1. The van der Waals surface area contributed by atoms with E-state index in [0.717, 1.165) is 0 Å². The number of sulfonamides is 1. The van der Waals surface area contributed by atoms with Crippen LogP contribution in [0.15, 0.2) is 47.9 Å². The molecule has 0 fully saturated rings. The van der Waals surface area contributed by atoms with Gasteiger partial charge in [-0.15, -0.1) is 0 Å². The Morgan fingerprint density at radius 2 is 1.93 bits per heavy atom. The zero-order chi connectivity index (χ0) is 10.7. The van der Waals surface area contributed by atoms with Crippen molar-refractivity contribution < 1.29 is 8.42 Å². The molecule has 0 spiro atoms. The van der Waals surface area contributed by atoms with E-state index in [2.05, 4.69) is 14.7 Å². The lowest BCUT2D eigenvalue weighted by Gasteiger charge is -2.04. The standard InChI is InChI=1S/C9H9N3O2S/c13-15(14,9-6-10-7-11-9)12-8-4-2-1-3-5-8/h1-7,12H,(H,10,11). The molecular weight excluding hydrogens is 214 g/mol. The molecule has 0 unspecified atom stereocenters. The molecule has 0 aliphatic rings. The quantitative estimate of drug-likeness (QED) is 0.821. The Bertz CT molecular complexity index is 520. The zero-order valence-electron chi connectivity index (χ0n) is 7.71. The molecule has 15 heavy (non-hydrogen) atoms. The Labute approximate surface area is 87.2 Å². The lowest BCUT2D eigenvalue weighted by atomic mass is 10.3. The maximum atomic E-state index is 11.7. The number of hydrogen-bond donors (Lipinski definition) is 2. The van der Waals surface area contributed by atoms with Gasteiger partial charge in [0.15, 0.2) is 5.03 Å². The molecule has 1 aromatic carbocycles. The first-order valence-corrected chi connectivity index (χ1v) is 5.73. The molecule has 0 saturated heterocycles. The van der Waals surface area contributed by atoms with Crippen molar-refractivity contribution in [1.29, 1.82) is 0 Å². The highest BCUT2D eigenvalue weighted by Crippen LogP contribution is 2.12. The third-order valence-electron chi connectivity index (χ3n) is 1.79. The number of nitrogens with zero attached hydrogens (tertiary/aromatic N) is 1. The lowest BCUT2D eigenvalue weighted by molar-refractivity contribution is 0.598. The topological polar surface area (TPSA) is 74.8 Å². The zero-order valence-corrected chi connectivity index (χ0v) is 8.53. The number of H-pyrrole nitrogens is 1. The maximum absolute atomic E-state index is 11.7. The summed E-state index contributed by atoms with van der Waals surface area (Å²) >= 11 is 0. The second-order valence-electron chi connectivity index (χ2n) is 2.89. The van der Waals surface area contributed by atoms with Crippen LogP contribution in [0, 0.1) is 0 Å². The Kier molecular flexibility index (Phi) is 2.42. The van der Waals surface area contributed by atoms with Gasteiger partial charge in [0, 0.05) is 5.69 Å². The second kappa shape index (κ2) is 3.74. The van der Waals surface area contributed by atoms with E-state index in [-0.39, 0.29) is 5.03 Å². The largest absolute Gasteiger partial charge is 0.334 e. The summed E-state index contributed by atoms with van der Waals surface area (Å²) in [5, 5.41) is 0.0475. The molecule has 0 aliphatic heterocycles. The smallest absolute Gasteiger partial charge is 0.278 e. The molecule has 0 atom stereocenters. The summed E-state index contributed by atoms with van der Waals surface area (Å²) in [6, 6.07) is 8.67. The van der Waals surface area contributed by atoms with Gasteiger partial charge in [-0.3, -0.25) is 4.72 Å². The van der Waals surface area contributed by atoms with E-state index in [0.29, 0.717) is 5.69 Å². The second-order valence-corrected chi connectivity index (χ2v) is 4.54. The predicted octanol–water partition coefficient (Wildman–Crippen LogP) is 1.21. The molecule has 1 heterocycles. The minimum absolute atomic E-state index is 0.0475. The fraction of sp³-hybridized carbons (Fsp3) is 0. The average Bonchev–Trinajstić information content (AvgIpc) is 2.71. The Morgan fingerprint density at radius 1 is 1.20 bits per heavy atom. The van der Waals surface area contributed by atoms with Gasteiger partial charge in [-0.25, -0.2) is 4.98 Å². The summed E-state index contributed by atoms with van der Waals surface area (Å²) in [5.74, 6) is 0. The molecule has 0 aliphatic carbocycles. The summed E-state index contributed by atoms with van der Waals surface area (Å²) in [4.78, 5) is 6.19. The first-order valence-electron chi connectivity index (χ1n) is 4.25. The Morgan fingerprint density at radius 3 is 2.53 bits per heavy atom. The molecule has 0 amide bonds. The first-order chi connectivity index (χ1) is 7.18. The number of nitrogens with one attached hydrogen (secondary N) is 2. The molecule has 0 saturated carbocycles. The third-order valence-corrected chi connectivity index (χ3v) is 3.10. The van der Waals surface area contributed by atoms with Gasteiger partial charge in [0.25, 0.3) is 10.0 Å². The predicted molar refractivity (Wildman–Crippen MR) is 55.8 cm³/mol. The number of aromatic nitrogens is 2. The SMILES string of the molecule is O=S(=O)(Nc1ccccc1)c1cnc[nH]1. The molecule has 78 valence electrons. The highest BCUT2D eigenvalue weighted by molar-refractivity contribution is 7.92. The van der Waals surface area contributed by atoms with Crippen LogP contribution < -0.4 is 4.72 Å². The molecule has 2 aromatic rings. The van der Waals surface area contributed by atoms with Gasteiger partial charge in [0.2, 0.25) is 0 Å². The van der Waals surface area contributed by atoms with Crippen LogP contribution in [0.1, 0.15) is 0 Å². The normalized spacial score (nSPS) is 11.2. The van der Waals surface area contributed by atoms with E-state index < -0.39 is 10.0 Å². The van der Waals surface area contributed by atoms with Crippen molar-refractivity contribution in [1.82, 2.24) is 9.97 Å². The molecule has 6 heteroatoms. The van der Waals surface area contributed by atoms with Crippen molar-refractivity contribution in [2.45, 2.75) is 5.03 Å². The van der Waals surface area contributed by atoms with Crippen molar-refractivity contribution in [3.8, 4) is 0 Å². The van der Waals surface area contributed by atoms with Crippen LogP contribution in [0.25, 0.3) is 0 Å². The van der Waals surface area contributed by atoms with Crippen LogP contribution in [-0.4, -0.2) is 18.4 Å². The molecule has 0 radical (unpaired) electrons. The fourth-order valence-electron chi connectivity index (χ4n) is 1.11. The summed E-state index contributed by atoms with van der Waals surface area (Å²) in [7, 11) is -3.54. The van der Waals surface area contributed by atoms with Gasteiger partial charge in [0.1, 0.15) is 0 Å². The number of benzene rings is 1. The third kappa shape index (κ3) is 2.16. The number of aromatic amines is 1. The summed E-state index contributed by atoms with van der Waals surface area (Å²) < 4.78 is 25.8. The van der Waals surface area contributed by atoms with E-state index in [9.17, 15) is 8.42 Å². The molecule has 2 N–H and O–H groups in total. The van der Waals surface area contributed by atoms with Crippen molar-refractivity contribution in [3.63, 3.8) is 0 Å². The van der Waals surface area contributed by atoms with E-state index >= 15 is 0 Å². The number of rotatable bonds is 3. The molecule has 1 aromatic heterocycles. The minimum Gasteiger partial charge on any atom is -0.334 e. The lowest BCUT2D eigenvalue weighted by Crippen LogP contribution is -2.13. The summed E-state index contributed by atoms with van der Waals surface area (Å²) in [5.41, 5.74) is 0.520. The Hall–Kier alpha value is -1.82. The van der Waals surface area contributed by atoms with E-state index in [1.54, 1.807) is 24.3 Å². The highest BCUT2D eigenvalue weighted by atomic mass is 32.2. The van der Waals surface area contributed by atoms with Crippen LogP contribution in [0.4, 0.5) is 5.69 Å². The van der Waals surface area contributed by atoms with E-state index in [4.69, 9.17) is 0 Å². The van der Waals surface area contributed by atoms with Crippen molar-refractivity contribution in [3.05, 3.63) is 42.9 Å². The first kappa shape index (κ1) is 9.72. The monoisotopic (exact) mass is 223 g/mol. The van der Waals surface area contributed by atoms with Crippen LogP contribution in [-0.2, 0) is 10.0 Å². The molecule has 0 bridgehead atoms. The van der Waals surface area contributed by atoms with Gasteiger partial charge in [0.05, 0.1) is 12.5 Å².